The lowest BCUT2D eigenvalue weighted by atomic mass is 10.1. The van der Waals surface area contributed by atoms with Crippen molar-refractivity contribution in [2.75, 3.05) is 26.6 Å². The molecule has 0 aliphatic heterocycles. The predicted octanol–water partition coefficient (Wildman–Crippen LogP) is 3.94. The number of halogens is 1. The van der Waals surface area contributed by atoms with Crippen molar-refractivity contribution in [3.8, 4) is 17.2 Å². The van der Waals surface area contributed by atoms with E-state index >= 15 is 0 Å². The molecule has 1 N–H and O–H groups in total. The summed E-state index contributed by atoms with van der Waals surface area (Å²) in [5.74, 6) is 0.104. The van der Waals surface area contributed by atoms with Gasteiger partial charge in [-0.2, -0.15) is 0 Å². The molecule has 0 aliphatic rings. The summed E-state index contributed by atoms with van der Waals surface area (Å²) in [6.45, 7) is 1.81. The van der Waals surface area contributed by atoms with Crippen molar-refractivity contribution in [3.63, 3.8) is 0 Å². The molecule has 1 amide bonds. The summed E-state index contributed by atoms with van der Waals surface area (Å²) in [7, 11) is 4.16. The van der Waals surface area contributed by atoms with Crippen LogP contribution in [0.3, 0.4) is 0 Å². The molecular formula is C20H22ClNO6. The van der Waals surface area contributed by atoms with Gasteiger partial charge in [-0.1, -0.05) is 24.6 Å². The van der Waals surface area contributed by atoms with E-state index in [-0.39, 0.29) is 11.3 Å². The van der Waals surface area contributed by atoms with Crippen LogP contribution in [-0.2, 0) is 9.53 Å². The zero-order valence-electron chi connectivity index (χ0n) is 16.1. The Morgan fingerprint density at radius 3 is 2.32 bits per heavy atom. The summed E-state index contributed by atoms with van der Waals surface area (Å²) in [5.41, 5.74) is 0.355. The number of nitrogens with one attached hydrogen (secondary N) is 1. The number of benzene rings is 2. The number of carbonyl (C=O) groups is 2. The molecule has 2 rings (SSSR count). The van der Waals surface area contributed by atoms with Crippen LogP contribution in [0.1, 0.15) is 23.7 Å². The van der Waals surface area contributed by atoms with Gasteiger partial charge in [0.25, 0.3) is 5.91 Å². The molecule has 150 valence electrons. The topological polar surface area (TPSA) is 83.1 Å². The van der Waals surface area contributed by atoms with Crippen LogP contribution < -0.4 is 19.5 Å². The monoisotopic (exact) mass is 407 g/mol. The Balaban J connectivity index is 2.30. The fourth-order valence-electron chi connectivity index (χ4n) is 2.50. The maximum absolute atomic E-state index is 12.8. The van der Waals surface area contributed by atoms with Crippen LogP contribution in [0.15, 0.2) is 36.4 Å². The number of carbonyl (C=O) groups excluding carboxylic acids is 2. The van der Waals surface area contributed by atoms with Gasteiger partial charge in [0, 0.05) is 17.2 Å². The molecule has 28 heavy (non-hydrogen) atoms. The molecule has 0 aliphatic carbocycles. The minimum absolute atomic E-state index is 0.131. The van der Waals surface area contributed by atoms with Crippen molar-refractivity contribution < 1.29 is 28.5 Å². The second kappa shape index (κ2) is 9.85. The Labute approximate surface area is 168 Å². The smallest absolute Gasteiger partial charge is 0.340 e. The highest BCUT2D eigenvalue weighted by Gasteiger charge is 2.23. The van der Waals surface area contributed by atoms with Crippen LogP contribution >= 0.6 is 11.6 Å². The van der Waals surface area contributed by atoms with Crippen molar-refractivity contribution >= 4 is 29.2 Å². The maximum atomic E-state index is 12.8. The van der Waals surface area contributed by atoms with Gasteiger partial charge in [0.15, 0.2) is 17.6 Å². The summed E-state index contributed by atoms with van der Waals surface area (Å²) in [6.07, 6.45) is -0.392. The number of esters is 1. The lowest BCUT2D eigenvalue weighted by Crippen LogP contribution is -2.33. The fraction of sp³-hybridized carbons (Fsp3) is 0.300. The Morgan fingerprint density at radius 2 is 1.75 bits per heavy atom. The quantitative estimate of drug-likeness (QED) is 0.667. The SMILES string of the molecule is CCC(Oc1cccc(Cl)c1)C(=O)Nc1cc(OC)c(OC)cc1C(=O)OC. The predicted molar refractivity (Wildman–Crippen MR) is 106 cm³/mol. The van der Waals surface area contributed by atoms with E-state index in [1.54, 1.807) is 24.3 Å². The summed E-state index contributed by atoms with van der Waals surface area (Å²) < 4.78 is 21.0. The number of amides is 1. The summed E-state index contributed by atoms with van der Waals surface area (Å²) >= 11 is 5.96. The lowest BCUT2D eigenvalue weighted by Gasteiger charge is -2.19. The highest BCUT2D eigenvalue weighted by molar-refractivity contribution is 6.30. The van der Waals surface area contributed by atoms with Gasteiger partial charge in [-0.05, 0) is 24.6 Å². The first-order valence-electron chi connectivity index (χ1n) is 8.50. The minimum Gasteiger partial charge on any atom is -0.493 e. The van der Waals surface area contributed by atoms with E-state index in [1.807, 2.05) is 6.92 Å². The zero-order valence-corrected chi connectivity index (χ0v) is 16.8. The number of anilines is 1. The molecule has 0 radical (unpaired) electrons. The average Bonchev–Trinajstić information content (AvgIpc) is 2.70. The summed E-state index contributed by atoms with van der Waals surface area (Å²) in [5, 5.41) is 3.20. The third-order valence-corrected chi connectivity index (χ3v) is 4.16. The van der Waals surface area contributed by atoms with Gasteiger partial charge >= 0.3 is 5.97 Å². The van der Waals surface area contributed by atoms with Gasteiger partial charge in [0.2, 0.25) is 0 Å². The number of rotatable bonds is 8. The third kappa shape index (κ3) is 5.07. The fourth-order valence-corrected chi connectivity index (χ4v) is 2.68. The first kappa shape index (κ1) is 21.4. The summed E-state index contributed by atoms with van der Waals surface area (Å²) in [4.78, 5) is 24.9. The molecule has 0 heterocycles. The van der Waals surface area contributed by atoms with Crippen LogP contribution in [0, 0.1) is 0 Å². The molecule has 0 aromatic heterocycles. The van der Waals surface area contributed by atoms with Crippen LogP contribution in [0.4, 0.5) is 5.69 Å². The van der Waals surface area contributed by atoms with Crippen molar-refractivity contribution in [1.82, 2.24) is 0 Å². The Bertz CT molecular complexity index is 855. The van der Waals surface area contributed by atoms with E-state index in [2.05, 4.69) is 5.32 Å². The van der Waals surface area contributed by atoms with E-state index < -0.39 is 18.0 Å². The van der Waals surface area contributed by atoms with Crippen LogP contribution in [0.5, 0.6) is 17.2 Å². The molecule has 2 aromatic rings. The molecule has 0 saturated carbocycles. The van der Waals surface area contributed by atoms with E-state index in [0.29, 0.717) is 28.7 Å². The standard InChI is InChI=1S/C20H22ClNO6/c1-5-16(28-13-8-6-7-12(21)9-13)19(23)22-15-11-18(26-3)17(25-2)10-14(15)20(24)27-4/h6-11,16H,5H2,1-4H3,(H,22,23). The molecule has 8 heteroatoms. The Hall–Kier alpha value is -2.93. The largest absolute Gasteiger partial charge is 0.493 e. The van der Waals surface area contributed by atoms with Gasteiger partial charge in [-0.15, -0.1) is 0 Å². The second-order valence-corrected chi connectivity index (χ2v) is 6.14. The first-order chi connectivity index (χ1) is 13.4. The normalized spacial score (nSPS) is 11.3. The average molecular weight is 408 g/mol. The van der Waals surface area contributed by atoms with Crippen molar-refractivity contribution in [3.05, 3.63) is 47.0 Å². The number of ether oxygens (including phenoxy) is 4. The van der Waals surface area contributed by atoms with Crippen molar-refractivity contribution in [2.45, 2.75) is 19.4 Å². The maximum Gasteiger partial charge on any atom is 0.340 e. The molecular weight excluding hydrogens is 386 g/mol. The van der Waals surface area contributed by atoms with Crippen molar-refractivity contribution in [1.29, 1.82) is 0 Å². The molecule has 7 nitrogen and oxygen atoms in total. The molecule has 0 bridgehead atoms. The minimum atomic E-state index is -0.794. The Morgan fingerprint density at radius 1 is 1.07 bits per heavy atom. The molecule has 0 saturated heterocycles. The van der Waals surface area contributed by atoms with E-state index in [1.165, 1.54) is 33.5 Å². The van der Waals surface area contributed by atoms with Crippen LogP contribution in [-0.4, -0.2) is 39.3 Å². The van der Waals surface area contributed by atoms with Gasteiger partial charge in [-0.3, -0.25) is 4.79 Å². The number of methoxy groups -OCH3 is 3. The highest BCUT2D eigenvalue weighted by Crippen LogP contribution is 2.34. The van der Waals surface area contributed by atoms with Gasteiger partial charge in [-0.25, -0.2) is 4.79 Å². The third-order valence-electron chi connectivity index (χ3n) is 3.92. The first-order valence-corrected chi connectivity index (χ1v) is 8.88. The van der Waals surface area contributed by atoms with E-state index in [4.69, 9.17) is 30.5 Å². The molecule has 2 aromatic carbocycles. The van der Waals surface area contributed by atoms with E-state index in [0.717, 1.165) is 0 Å². The number of hydrogen-bond donors (Lipinski definition) is 1. The van der Waals surface area contributed by atoms with Gasteiger partial charge < -0.3 is 24.3 Å². The zero-order chi connectivity index (χ0) is 20.7. The lowest BCUT2D eigenvalue weighted by molar-refractivity contribution is -0.122. The van der Waals surface area contributed by atoms with Crippen molar-refractivity contribution in [2.24, 2.45) is 0 Å². The van der Waals surface area contributed by atoms with E-state index in [9.17, 15) is 9.59 Å². The highest BCUT2D eigenvalue weighted by atomic mass is 35.5. The second-order valence-electron chi connectivity index (χ2n) is 5.71. The molecule has 1 unspecified atom stereocenters. The summed E-state index contributed by atoms with van der Waals surface area (Å²) in [6, 6.07) is 9.70. The molecule has 1 atom stereocenters. The molecule has 0 spiro atoms. The van der Waals surface area contributed by atoms with Crippen LogP contribution in [0.2, 0.25) is 5.02 Å². The Kier molecular flexibility index (Phi) is 7.52. The van der Waals surface area contributed by atoms with Gasteiger partial charge in [0.05, 0.1) is 32.6 Å². The van der Waals surface area contributed by atoms with Gasteiger partial charge in [0.1, 0.15) is 5.75 Å². The van der Waals surface area contributed by atoms with Crippen LogP contribution in [0.25, 0.3) is 0 Å². The number of hydrogen-bond acceptors (Lipinski definition) is 6. The molecule has 0 fully saturated rings.